The van der Waals surface area contributed by atoms with Crippen molar-refractivity contribution in [2.24, 2.45) is 0 Å². The van der Waals surface area contributed by atoms with Crippen molar-refractivity contribution in [1.82, 2.24) is 9.78 Å². The molecule has 0 bridgehead atoms. The van der Waals surface area contributed by atoms with Crippen LogP contribution in [0, 0.1) is 13.8 Å². The number of aromatic carboxylic acids is 1. The van der Waals surface area contributed by atoms with Gasteiger partial charge in [0.1, 0.15) is 5.69 Å². The first kappa shape index (κ1) is 20.1. The van der Waals surface area contributed by atoms with E-state index in [9.17, 15) is 14.7 Å². The maximum atomic E-state index is 13.2. The van der Waals surface area contributed by atoms with Crippen LogP contribution in [0.3, 0.4) is 0 Å². The number of nitrogens with zero attached hydrogens (tertiary/aromatic N) is 2. The molecule has 6 heteroatoms. The van der Waals surface area contributed by atoms with E-state index in [4.69, 9.17) is 0 Å². The van der Waals surface area contributed by atoms with Crippen molar-refractivity contribution in [3.8, 4) is 16.9 Å². The van der Waals surface area contributed by atoms with Gasteiger partial charge in [0.05, 0.1) is 17.2 Å². The largest absolute Gasteiger partial charge is 0.545 e. The lowest BCUT2D eigenvalue weighted by Crippen LogP contribution is -2.22. The second-order valence-electron chi connectivity index (χ2n) is 7.29. The third kappa shape index (κ3) is 4.23. The van der Waals surface area contributed by atoms with Crippen LogP contribution in [0.5, 0.6) is 0 Å². The molecule has 3 aromatic carbocycles. The number of hydrogen-bond donors (Lipinski definition) is 1. The van der Waals surface area contributed by atoms with Gasteiger partial charge in [-0.3, -0.25) is 4.79 Å². The molecule has 0 aliphatic rings. The molecule has 1 N–H and O–H groups in total. The van der Waals surface area contributed by atoms with Crippen molar-refractivity contribution >= 4 is 17.6 Å². The quantitative estimate of drug-likeness (QED) is 0.543. The number of anilines is 1. The van der Waals surface area contributed by atoms with Crippen molar-refractivity contribution in [2.75, 3.05) is 5.32 Å². The molecule has 0 unspecified atom stereocenters. The van der Waals surface area contributed by atoms with Crippen LogP contribution >= 0.6 is 0 Å². The number of nitrogens with one attached hydrogen (secondary N) is 1. The molecule has 31 heavy (non-hydrogen) atoms. The minimum atomic E-state index is -1.30. The Morgan fingerprint density at radius 1 is 0.903 bits per heavy atom. The first-order valence-electron chi connectivity index (χ1n) is 9.78. The van der Waals surface area contributed by atoms with Crippen molar-refractivity contribution in [3.05, 3.63) is 101 Å². The molecule has 0 aliphatic carbocycles. The Kier molecular flexibility index (Phi) is 5.37. The Morgan fingerprint density at radius 3 is 2.39 bits per heavy atom. The highest BCUT2D eigenvalue weighted by atomic mass is 16.4. The number of para-hydroxylation sites is 1. The number of rotatable bonds is 5. The monoisotopic (exact) mass is 410 g/mol. The first-order valence-corrected chi connectivity index (χ1v) is 9.78. The molecule has 4 rings (SSSR count). The van der Waals surface area contributed by atoms with Crippen molar-refractivity contribution < 1.29 is 14.7 Å². The van der Waals surface area contributed by atoms with Gasteiger partial charge >= 0.3 is 0 Å². The average molecular weight is 410 g/mol. The molecule has 6 nitrogen and oxygen atoms in total. The summed E-state index contributed by atoms with van der Waals surface area (Å²) in [6.07, 6.45) is 1.68. The number of carboxylic acid groups (broad SMARTS) is 1. The summed E-state index contributed by atoms with van der Waals surface area (Å²) >= 11 is 0. The molecule has 0 aliphatic heterocycles. The molecule has 1 amide bonds. The van der Waals surface area contributed by atoms with Gasteiger partial charge in [-0.25, -0.2) is 4.68 Å². The molecule has 0 spiro atoms. The minimum absolute atomic E-state index is 0.00726. The molecule has 154 valence electrons. The van der Waals surface area contributed by atoms with Crippen LogP contribution in [-0.4, -0.2) is 21.7 Å². The lowest BCUT2D eigenvalue weighted by molar-refractivity contribution is -0.255. The maximum absolute atomic E-state index is 13.2. The first-order chi connectivity index (χ1) is 14.9. The molecule has 1 aromatic heterocycles. The second kappa shape index (κ2) is 8.28. The van der Waals surface area contributed by atoms with E-state index < -0.39 is 5.97 Å². The average Bonchev–Trinajstić information content (AvgIpc) is 3.22. The fourth-order valence-electron chi connectivity index (χ4n) is 3.28. The number of aryl methyl sites for hydroxylation is 2. The summed E-state index contributed by atoms with van der Waals surface area (Å²) in [5, 5.41) is 18.6. The maximum Gasteiger partial charge on any atom is 0.259 e. The molecule has 0 atom stereocenters. The van der Waals surface area contributed by atoms with Gasteiger partial charge in [-0.05, 0) is 60.9 Å². The Morgan fingerprint density at radius 2 is 1.68 bits per heavy atom. The van der Waals surface area contributed by atoms with E-state index in [1.807, 2.05) is 62.4 Å². The number of amides is 1. The molecular formula is C25H20N3O3-. The zero-order chi connectivity index (χ0) is 22.0. The van der Waals surface area contributed by atoms with Gasteiger partial charge in [-0.1, -0.05) is 42.5 Å². The van der Waals surface area contributed by atoms with Crippen LogP contribution in [0.15, 0.2) is 79.0 Å². The van der Waals surface area contributed by atoms with E-state index in [0.29, 0.717) is 16.9 Å². The summed E-state index contributed by atoms with van der Waals surface area (Å²) < 4.78 is 1.66. The predicted octanol–water partition coefficient (Wildman–Crippen LogP) is 3.77. The van der Waals surface area contributed by atoms with E-state index in [1.54, 1.807) is 23.0 Å². The lowest BCUT2D eigenvalue weighted by atomic mass is 10.0. The highest BCUT2D eigenvalue weighted by molar-refractivity contribution is 6.08. The van der Waals surface area contributed by atoms with Crippen molar-refractivity contribution in [3.63, 3.8) is 0 Å². The summed E-state index contributed by atoms with van der Waals surface area (Å²) in [6, 6.07) is 21.4. The minimum Gasteiger partial charge on any atom is -0.545 e. The van der Waals surface area contributed by atoms with Gasteiger partial charge in [0, 0.05) is 17.4 Å². The summed E-state index contributed by atoms with van der Waals surface area (Å²) in [4.78, 5) is 24.3. The molecule has 0 saturated heterocycles. The number of hydrogen-bond acceptors (Lipinski definition) is 4. The number of carboxylic acids is 1. The van der Waals surface area contributed by atoms with Gasteiger partial charge < -0.3 is 15.2 Å². The highest BCUT2D eigenvalue weighted by Gasteiger charge is 2.19. The molecule has 0 radical (unpaired) electrons. The summed E-state index contributed by atoms with van der Waals surface area (Å²) in [5.41, 5.74) is 5.18. The fourth-order valence-corrected chi connectivity index (χ4v) is 3.28. The summed E-state index contributed by atoms with van der Waals surface area (Å²) in [6.45, 7) is 4.04. The molecular weight excluding hydrogens is 390 g/mol. The SMILES string of the molecule is Cc1ccc(-c2nn(-c3ccccc3)cc2C(=O)Nc2cccc(C(=O)[O-])c2)cc1C. The highest BCUT2D eigenvalue weighted by Crippen LogP contribution is 2.27. The van der Waals surface area contributed by atoms with Crippen molar-refractivity contribution in [1.29, 1.82) is 0 Å². The zero-order valence-corrected chi connectivity index (χ0v) is 17.1. The molecule has 0 saturated carbocycles. The Balaban J connectivity index is 1.77. The van der Waals surface area contributed by atoms with Gasteiger partial charge in [0.2, 0.25) is 0 Å². The second-order valence-corrected chi connectivity index (χ2v) is 7.29. The van der Waals surface area contributed by atoms with E-state index in [2.05, 4.69) is 10.4 Å². The van der Waals surface area contributed by atoms with Gasteiger partial charge in [0.25, 0.3) is 5.91 Å². The summed E-state index contributed by atoms with van der Waals surface area (Å²) in [7, 11) is 0. The lowest BCUT2D eigenvalue weighted by Gasteiger charge is -2.09. The van der Waals surface area contributed by atoms with Gasteiger partial charge in [-0.15, -0.1) is 0 Å². The smallest absolute Gasteiger partial charge is 0.259 e. The Labute approximate surface area is 179 Å². The van der Waals surface area contributed by atoms with Crippen LogP contribution < -0.4 is 10.4 Å². The van der Waals surface area contributed by atoms with Crippen LogP contribution in [0.2, 0.25) is 0 Å². The third-order valence-electron chi connectivity index (χ3n) is 5.12. The molecule has 4 aromatic rings. The fraction of sp³-hybridized carbons (Fsp3) is 0.0800. The van der Waals surface area contributed by atoms with Crippen LogP contribution in [0.4, 0.5) is 5.69 Å². The van der Waals surface area contributed by atoms with E-state index in [1.165, 1.54) is 12.1 Å². The van der Waals surface area contributed by atoms with Gasteiger partial charge in [0.15, 0.2) is 0 Å². The van der Waals surface area contributed by atoms with Crippen LogP contribution in [0.1, 0.15) is 31.8 Å². The Hall–Kier alpha value is -4.19. The number of carbonyl (C=O) groups excluding carboxylic acids is 2. The van der Waals surface area contributed by atoms with Crippen molar-refractivity contribution in [2.45, 2.75) is 13.8 Å². The summed E-state index contributed by atoms with van der Waals surface area (Å²) in [5.74, 6) is -1.69. The Bertz CT molecular complexity index is 1280. The van der Waals surface area contributed by atoms with Crippen LogP contribution in [0.25, 0.3) is 16.9 Å². The molecule has 0 fully saturated rings. The number of aromatic nitrogens is 2. The van der Waals surface area contributed by atoms with Crippen LogP contribution in [-0.2, 0) is 0 Å². The number of benzene rings is 3. The number of carbonyl (C=O) groups is 2. The third-order valence-corrected chi connectivity index (χ3v) is 5.12. The zero-order valence-electron chi connectivity index (χ0n) is 17.1. The molecule has 1 heterocycles. The van der Waals surface area contributed by atoms with E-state index in [-0.39, 0.29) is 11.5 Å². The predicted molar refractivity (Wildman–Crippen MR) is 117 cm³/mol. The van der Waals surface area contributed by atoms with E-state index in [0.717, 1.165) is 22.4 Å². The normalized spacial score (nSPS) is 10.6. The van der Waals surface area contributed by atoms with E-state index >= 15 is 0 Å². The van der Waals surface area contributed by atoms with Gasteiger partial charge in [-0.2, -0.15) is 5.10 Å². The topological polar surface area (TPSA) is 87.0 Å². The standard InChI is InChI=1S/C25H21N3O3/c1-16-11-12-18(13-17(16)2)23-22(15-28(27-23)21-9-4-3-5-10-21)24(29)26-20-8-6-7-19(14-20)25(30)31/h3-15H,1-2H3,(H,26,29)(H,30,31)/p-1.